The summed E-state index contributed by atoms with van der Waals surface area (Å²) in [5.74, 6) is -3.82. The smallest absolute Gasteiger partial charge is 0.194 e. The molecule has 19 heavy (non-hydrogen) atoms. The van der Waals surface area contributed by atoms with Crippen molar-refractivity contribution in [3.05, 3.63) is 51.7 Å². The number of hydrogen-bond acceptors (Lipinski definition) is 3. The Kier molecular flexibility index (Phi) is 4.55. The summed E-state index contributed by atoms with van der Waals surface area (Å²) >= 11 is 1.38. The van der Waals surface area contributed by atoms with E-state index in [-0.39, 0.29) is 0 Å². The zero-order valence-electron chi connectivity index (χ0n) is 10.3. The molecule has 0 saturated carbocycles. The molecule has 1 unspecified atom stereocenters. The molecule has 1 heterocycles. The Morgan fingerprint density at radius 3 is 2.47 bits per heavy atom. The highest BCUT2D eigenvalue weighted by Crippen LogP contribution is 2.26. The lowest BCUT2D eigenvalue weighted by Crippen LogP contribution is -2.23. The zero-order chi connectivity index (χ0) is 13.8. The van der Waals surface area contributed by atoms with Crippen molar-refractivity contribution in [3.63, 3.8) is 0 Å². The summed E-state index contributed by atoms with van der Waals surface area (Å²) in [6, 6.07) is 1.59. The van der Waals surface area contributed by atoms with E-state index in [1.807, 2.05) is 6.92 Å². The Bertz CT molecular complexity index is 520. The lowest BCUT2D eigenvalue weighted by atomic mass is 10.1. The van der Waals surface area contributed by atoms with Crippen LogP contribution in [0.5, 0.6) is 0 Å². The van der Waals surface area contributed by atoms with Crippen molar-refractivity contribution >= 4 is 11.3 Å². The second-order valence-electron chi connectivity index (χ2n) is 4.06. The van der Waals surface area contributed by atoms with Gasteiger partial charge in [-0.2, -0.15) is 0 Å². The van der Waals surface area contributed by atoms with Gasteiger partial charge in [-0.15, -0.1) is 11.3 Å². The van der Waals surface area contributed by atoms with Gasteiger partial charge >= 0.3 is 0 Å². The SMILES string of the molecule is CCCNC(c1cc(F)c(F)c(F)c1)c1nccs1. The second kappa shape index (κ2) is 6.16. The van der Waals surface area contributed by atoms with Crippen molar-refractivity contribution in [2.75, 3.05) is 6.54 Å². The third kappa shape index (κ3) is 3.13. The lowest BCUT2D eigenvalue weighted by Gasteiger charge is -2.17. The van der Waals surface area contributed by atoms with Crippen LogP contribution in [0.3, 0.4) is 0 Å². The highest BCUT2D eigenvalue weighted by molar-refractivity contribution is 7.09. The van der Waals surface area contributed by atoms with Crippen LogP contribution in [-0.2, 0) is 0 Å². The van der Waals surface area contributed by atoms with Crippen LogP contribution in [0.15, 0.2) is 23.7 Å². The molecular weight excluding hydrogens is 273 g/mol. The molecule has 0 aliphatic heterocycles. The number of nitrogens with zero attached hydrogens (tertiary/aromatic N) is 1. The fourth-order valence-electron chi connectivity index (χ4n) is 1.76. The standard InChI is InChI=1S/C13H13F3N2S/c1-2-3-17-12(13-18-4-5-19-13)8-6-9(14)11(16)10(15)7-8/h4-7,12,17H,2-3H2,1H3. The predicted molar refractivity (Wildman–Crippen MR) is 68.6 cm³/mol. The first kappa shape index (κ1) is 14.0. The van der Waals surface area contributed by atoms with Crippen molar-refractivity contribution in [1.29, 1.82) is 0 Å². The van der Waals surface area contributed by atoms with Gasteiger partial charge < -0.3 is 5.32 Å². The summed E-state index contributed by atoms with van der Waals surface area (Å²) in [7, 11) is 0. The van der Waals surface area contributed by atoms with Crippen LogP contribution in [0.4, 0.5) is 13.2 Å². The van der Waals surface area contributed by atoms with Gasteiger partial charge in [-0.25, -0.2) is 18.2 Å². The average molecular weight is 286 g/mol. The zero-order valence-corrected chi connectivity index (χ0v) is 11.1. The molecule has 2 aromatic rings. The molecule has 102 valence electrons. The molecule has 1 aromatic carbocycles. The lowest BCUT2D eigenvalue weighted by molar-refractivity contribution is 0.442. The number of rotatable bonds is 5. The fraction of sp³-hybridized carbons (Fsp3) is 0.308. The third-order valence-corrected chi connectivity index (χ3v) is 3.48. The largest absolute Gasteiger partial charge is 0.304 e. The number of hydrogen-bond donors (Lipinski definition) is 1. The Balaban J connectivity index is 2.38. The maximum atomic E-state index is 13.3. The van der Waals surface area contributed by atoms with Gasteiger partial charge in [0.05, 0.1) is 6.04 Å². The van der Waals surface area contributed by atoms with Gasteiger partial charge in [-0.05, 0) is 30.7 Å². The number of thiazole rings is 1. The summed E-state index contributed by atoms with van der Waals surface area (Å²) in [6.45, 7) is 2.66. The van der Waals surface area contributed by atoms with E-state index in [4.69, 9.17) is 0 Å². The monoisotopic (exact) mass is 286 g/mol. The Labute approximate surface area is 113 Å². The number of nitrogens with one attached hydrogen (secondary N) is 1. The minimum Gasteiger partial charge on any atom is -0.304 e. The van der Waals surface area contributed by atoms with Crippen LogP contribution in [0.25, 0.3) is 0 Å². The number of halogens is 3. The summed E-state index contributed by atoms with van der Waals surface area (Å²) in [5.41, 5.74) is 0.333. The van der Waals surface area contributed by atoms with E-state index in [1.165, 1.54) is 11.3 Å². The molecule has 0 aliphatic rings. The number of benzene rings is 1. The molecule has 0 amide bonds. The predicted octanol–water partition coefficient (Wildman–Crippen LogP) is 3.65. The van der Waals surface area contributed by atoms with Gasteiger partial charge in [-0.3, -0.25) is 0 Å². The molecule has 0 aliphatic carbocycles. The van der Waals surface area contributed by atoms with Gasteiger partial charge in [0.15, 0.2) is 17.5 Å². The van der Waals surface area contributed by atoms with Crippen molar-refractivity contribution in [2.24, 2.45) is 0 Å². The van der Waals surface area contributed by atoms with E-state index >= 15 is 0 Å². The van der Waals surface area contributed by atoms with Gasteiger partial charge in [0, 0.05) is 11.6 Å². The minimum atomic E-state index is -1.45. The summed E-state index contributed by atoms with van der Waals surface area (Å²) < 4.78 is 39.6. The summed E-state index contributed by atoms with van der Waals surface area (Å²) in [5, 5.41) is 5.63. The van der Waals surface area contributed by atoms with Crippen molar-refractivity contribution in [2.45, 2.75) is 19.4 Å². The van der Waals surface area contributed by atoms with Crippen LogP contribution in [-0.4, -0.2) is 11.5 Å². The molecule has 0 spiro atoms. The molecule has 0 saturated heterocycles. The number of aromatic nitrogens is 1. The molecule has 1 N–H and O–H groups in total. The highest BCUT2D eigenvalue weighted by atomic mass is 32.1. The molecule has 1 atom stereocenters. The summed E-state index contributed by atoms with van der Waals surface area (Å²) in [6.07, 6.45) is 2.49. The Morgan fingerprint density at radius 1 is 1.26 bits per heavy atom. The van der Waals surface area contributed by atoms with E-state index in [9.17, 15) is 13.2 Å². The van der Waals surface area contributed by atoms with Crippen LogP contribution in [0.2, 0.25) is 0 Å². The quantitative estimate of drug-likeness (QED) is 0.849. The maximum Gasteiger partial charge on any atom is 0.194 e. The highest BCUT2D eigenvalue weighted by Gasteiger charge is 2.20. The van der Waals surface area contributed by atoms with E-state index in [2.05, 4.69) is 10.3 Å². The van der Waals surface area contributed by atoms with Crippen LogP contribution < -0.4 is 5.32 Å². The summed E-state index contributed by atoms with van der Waals surface area (Å²) in [4.78, 5) is 4.14. The van der Waals surface area contributed by atoms with E-state index in [1.54, 1.807) is 11.6 Å². The van der Waals surface area contributed by atoms with Gasteiger partial charge in [0.25, 0.3) is 0 Å². The van der Waals surface area contributed by atoms with Crippen LogP contribution in [0.1, 0.15) is 30.0 Å². The second-order valence-corrected chi connectivity index (χ2v) is 4.98. The molecule has 1 aromatic heterocycles. The van der Waals surface area contributed by atoms with Gasteiger partial charge in [-0.1, -0.05) is 6.92 Å². The van der Waals surface area contributed by atoms with Gasteiger partial charge in [0.2, 0.25) is 0 Å². The first-order valence-corrected chi connectivity index (χ1v) is 6.78. The molecule has 6 heteroatoms. The Hall–Kier alpha value is -1.40. The van der Waals surface area contributed by atoms with Crippen LogP contribution in [0, 0.1) is 17.5 Å². The van der Waals surface area contributed by atoms with E-state index < -0.39 is 23.5 Å². The van der Waals surface area contributed by atoms with Crippen LogP contribution >= 0.6 is 11.3 Å². The molecule has 2 rings (SSSR count). The van der Waals surface area contributed by atoms with Crippen molar-refractivity contribution in [3.8, 4) is 0 Å². The van der Waals surface area contributed by atoms with E-state index in [0.717, 1.165) is 18.6 Å². The first-order valence-electron chi connectivity index (χ1n) is 5.90. The molecular formula is C13H13F3N2S. The molecule has 0 radical (unpaired) electrons. The molecule has 2 nitrogen and oxygen atoms in total. The minimum absolute atomic E-state index is 0.333. The topological polar surface area (TPSA) is 24.9 Å². The first-order chi connectivity index (χ1) is 9.13. The third-order valence-electron chi connectivity index (χ3n) is 2.64. The molecule has 0 bridgehead atoms. The van der Waals surface area contributed by atoms with Crippen molar-refractivity contribution < 1.29 is 13.2 Å². The maximum absolute atomic E-state index is 13.3. The normalized spacial score (nSPS) is 12.6. The fourth-order valence-corrected chi connectivity index (χ4v) is 2.49. The average Bonchev–Trinajstić information content (AvgIpc) is 2.90. The Morgan fingerprint density at radius 2 is 1.95 bits per heavy atom. The molecule has 0 fully saturated rings. The van der Waals surface area contributed by atoms with E-state index in [0.29, 0.717) is 17.1 Å². The van der Waals surface area contributed by atoms with Gasteiger partial charge in [0.1, 0.15) is 5.01 Å². The van der Waals surface area contributed by atoms with Crippen molar-refractivity contribution in [1.82, 2.24) is 10.3 Å².